The summed E-state index contributed by atoms with van der Waals surface area (Å²) in [4.78, 5) is 0. The lowest BCUT2D eigenvalue weighted by molar-refractivity contribution is 0.965. The van der Waals surface area contributed by atoms with Crippen LogP contribution in [0.15, 0.2) is 24.0 Å². The molecule has 0 saturated heterocycles. The third-order valence-electron chi connectivity index (χ3n) is 0.936. The van der Waals surface area contributed by atoms with Crippen LogP contribution in [0.5, 0.6) is 0 Å². The molecular weight excluding hydrogens is 112 g/mol. The summed E-state index contributed by atoms with van der Waals surface area (Å²) in [6.07, 6.45) is 6.87. The van der Waals surface area contributed by atoms with E-state index in [1.165, 1.54) is 0 Å². The smallest absolute Gasteiger partial charge is 0.0957 e. The zero-order valence-electron chi connectivity index (χ0n) is 6.02. The fourth-order valence-electron chi connectivity index (χ4n) is 0.391. The van der Waals surface area contributed by atoms with Crippen molar-refractivity contribution in [1.29, 1.82) is 0 Å². The fraction of sp³-hybridized carbons (Fsp3) is 0.429. The van der Waals surface area contributed by atoms with E-state index in [9.17, 15) is 0 Å². The average Bonchev–Trinajstić information content (AvgIpc) is 1.89. The second kappa shape index (κ2) is 5.22. The molecule has 2 heteroatoms. The van der Waals surface area contributed by atoms with Crippen molar-refractivity contribution >= 4 is 0 Å². The molecule has 0 aromatic rings. The van der Waals surface area contributed by atoms with E-state index in [0.717, 1.165) is 6.42 Å². The normalized spacial score (nSPS) is 12.4. The van der Waals surface area contributed by atoms with Crippen molar-refractivity contribution in [3.63, 3.8) is 0 Å². The van der Waals surface area contributed by atoms with Gasteiger partial charge in [0.1, 0.15) is 0 Å². The van der Waals surface area contributed by atoms with E-state index in [-0.39, 0.29) is 0 Å². The Morgan fingerprint density at radius 3 is 2.78 bits per heavy atom. The Hall–Kier alpha value is -0.920. The van der Waals surface area contributed by atoms with Crippen molar-refractivity contribution in [3.8, 4) is 0 Å². The third-order valence-corrected chi connectivity index (χ3v) is 0.936. The van der Waals surface area contributed by atoms with Gasteiger partial charge in [-0.15, -0.1) is 0 Å². The Labute approximate surface area is 56.4 Å². The molecule has 0 fully saturated rings. The minimum absolute atomic E-state index is 0.694. The zero-order chi connectivity index (χ0) is 7.11. The van der Waals surface area contributed by atoms with Crippen LogP contribution in [0.1, 0.15) is 13.3 Å². The predicted octanol–water partition coefficient (Wildman–Crippen LogP) is 0.972. The van der Waals surface area contributed by atoms with Gasteiger partial charge in [-0.3, -0.25) is 0 Å². The van der Waals surface area contributed by atoms with E-state index < -0.39 is 0 Å². The lowest BCUT2D eigenvalue weighted by Crippen LogP contribution is -2.13. The molecule has 0 amide bonds. The summed E-state index contributed by atoms with van der Waals surface area (Å²) >= 11 is 0. The van der Waals surface area contributed by atoms with Gasteiger partial charge in [0, 0.05) is 7.05 Å². The first-order valence-corrected chi connectivity index (χ1v) is 3.11. The average molecular weight is 126 g/mol. The van der Waals surface area contributed by atoms with Crippen molar-refractivity contribution in [2.75, 3.05) is 7.05 Å². The molecule has 0 aromatic heterocycles. The van der Waals surface area contributed by atoms with E-state index in [1.54, 1.807) is 7.05 Å². The topological polar surface area (TPSA) is 38.0 Å². The minimum atomic E-state index is 0.694. The molecule has 0 bridgehead atoms. The monoisotopic (exact) mass is 126 g/mol. The first kappa shape index (κ1) is 8.08. The van der Waals surface area contributed by atoms with Gasteiger partial charge < -0.3 is 11.1 Å². The molecule has 0 aliphatic rings. The Balaban J connectivity index is 3.55. The van der Waals surface area contributed by atoms with Crippen molar-refractivity contribution < 1.29 is 0 Å². The maximum absolute atomic E-state index is 5.41. The number of nitrogens with two attached hydrogens (primary N) is 1. The van der Waals surface area contributed by atoms with Crippen molar-refractivity contribution in [2.45, 2.75) is 13.3 Å². The second-order valence-corrected chi connectivity index (χ2v) is 1.71. The lowest BCUT2D eigenvalue weighted by atomic mass is 10.4. The quantitative estimate of drug-likeness (QED) is 0.553. The standard InChI is InChI=1S/C7H14N2/c1-3-4-5-6-7(8)9-2/h4-6,9H,3,8H2,1-2H3/b5-4+,7-6-. The lowest BCUT2D eigenvalue weighted by Gasteiger charge is -1.93. The van der Waals surface area contributed by atoms with Crippen LogP contribution in [0.25, 0.3) is 0 Å². The molecule has 0 unspecified atom stereocenters. The van der Waals surface area contributed by atoms with Crippen LogP contribution in [-0.2, 0) is 0 Å². The molecule has 0 rings (SSSR count). The summed E-state index contributed by atoms with van der Waals surface area (Å²) in [6.45, 7) is 2.08. The van der Waals surface area contributed by atoms with Crippen LogP contribution < -0.4 is 11.1 Å². The summed E-state index contributed by atoms with van der Waals surface area (Å²) in [7, 11) is 1.80. The van der Waals surface area contributed by atoms with Gasteiger partial charge in [0.05, 0.1) is 5.82 Å². The Bertz CT molecular complexity index is 114. The van der Waals surface area contributed by atoms with Crippen LogP contribution >= 0.6 is 0 Å². The van der Waals surface area contributed by atoms with Gasteiger partial charge in [-0.1, -0.05) is 19.1 Å². The maximum Gasteiger partial charge on any atom is 0.0957 e. The van der Waals surface area contributed by atoms with Crippen LogP contribution in [0.2, 0.25) is 0 Å². The zero-order valence-corrected chi connectivity index (χ0v) is 6.02. The molecule has 3 N–H and O–H groups in total. The molecule has 0 aliphatic carbocycles. The van der Waals surface area contributed by atoms with Gasteiger partial charge in [-0.2, -0.15) is 0 Å². The SMILES string of the molecule is CC/C=C/C=C(/N)NC. The maximum atomic E-state index is 5.41. The molecular formula is C7H14N2. The Morgan fingerprint density at radius 1 is 1.67 bits per heavy atom. The van der Waals surface area contributed by atoms with Crippen molar-refractivity contribution in [2.24, 2.45) is 5.73 Å². The first-order valence-electron chi connectivity index (χ1n) is 3.11. The van der Waals surface area contributed by atoms with E-state index in [0.29, 0.717) is 5.82 Å². The molecule has 2 nitrogen and oxygen atoms in total. The highest BCUT2D eigenvalue weighted by Gasteiger charge is 1.74. The van der Waals surface area contributed by atoms with Crippen LogP contribution in [0, 0.1) is 0 Å². The molecule has 0 aliphatic heterocycles. The number of allylic oxidation sites excluding steroid dienone is 3. The highest BCUT2D eigenvalue weighted by atomic mass is 14.9. The van der Waals surface area contributed by atoms with Crippen LogP contribution in [0.4, 0.5) is 0 Å². The van der Waals surface area contributed by atoms with Gasteiger partial charge in [-0.25, -0.2) is 0 Å². The van der Waals surface area contributed by atoms with Gasteiger partial charge in [0.15, 0.2) is 0 Å². The van der Waals surface area contributed by atoms with Crippen molar-refractivity contribution in [1.82, 2.24) is 5.32 Å². The number of nitrogens with one attached hydrogen (secondary N) is 1. The summed E-state index contributed by atoms with van der Waals surface area (Å²) in [5.74, 6) is 0.694. The molecule has 0 radical (unpaired) electrons. The van der Waals surface area contributed by atoms with Crippen molar-refractivity contribution in [3.05, 3.63) is 24.0 Å². The highest BCUT2D eigenvalue weighted by molar-refractivity contribution is 5.07. The van der Waals surface area contributed by atoms with Crippen LogP contribution in [0.3, 0.4) is 0 Å². The van der Waals surface area contributed by atoms with E-state index in [2.05, 4.69) is 12.2 Å². The third kappa shape index (κ3) is 4.94. The van der Waals surface area contributed by atoms with Gasteiger partial charge in [0.25, 0.3) is 0 Å². The summed E-state index contributed by atoms with van der Waals surface area (Å²) in [6, 6.07) is 0. The Morgan fingerprint density at radius 2 is 2.33 bits per heavy atom. The molecule has 9 heavy (non-hydrogen) atoms. The molecule has 0 atom stereocenters. The van der Waals surface area contributed by atoms with Crippen LogP contribution in [-0.4, -0.2) is 7.05 Å². The molecule has 0 saturated carbocycles. The number of rotatable bonds is 3. The van der Waals surface area contributed by atoms with E-state index in [4.69, 9.17) is 5.73 Å². The Kier molecular flexibility index (Phi) is 4.69. The molecule has 0 heterocycles. The molecule has 0 spiro atoms. The fourth-order valence-corrected chi connectivity index (χ4v) is 0.391. The number of hydrogen-bond acceptors (Lipinski definition) is 2. The molecule has 52 valence electrons. The number of hydrogen-bond donors (Lipinski definition) is 2. The molecule has 0 aromatic carbocycles. The summed E-state index contributed by atoms with van der Waals surface area (Å²) < 4.78 is 0. The highest BCUT2D eigenvalue weighted by Crippen LogP contribution is 1.82. The van der Waals surface area contributed by atoms with Gasteiger partial charge in [0.2, 0.25) is 0 Å². The second-order valence-electron chi connectivity index (χ2n) is 1.71. The summed E-state index contributed by atoms with van der Waals surface area (Å²) in [5, 5.41) is 2.81. The van der Waals surface area contributed by atoms with E-state index >= 15 is 0 Å². The minimum Gasteiger partial charge on any atom is -0.386 e. The predicted molar refractivity (Wildman–Crippen MR) is 40.8 cm³/mol. The van der Waals surface area contributed by atoms with Gasteiger partial charge in [-0.05, 0) is 12.5 Å². The first-order chi connectivity index (χ1) is 4.31. The van der Waals surface area contributed by atoms with E-state index in [1.807, 2.05) is 18.2 Å². The summed E-state index contributed by atoms with van der Waals surface area (Å²) in [5.41, 5.74) is 5.41. The largest absolute Gasteiger partial charge is 0.386 e. The van der Waals surface area contributed by atoms with Gasteiger partial charge >= 0.3 is 0 Å².